The van der Waals surface area contributed by atoms with Crippen LogP contribution in [0.4, 0.5) is 0 Å². The number of allylic oxidation sites excluding steroid dienone is 4. The van der Waals surface area contributed by atoms with Crippen LogP contribution in [0.3, 0.4) is 0 Å². The fraction of sp³-hybridized carbons (Fsp3) is 0.0400. The van der Waals surface area contributed by atoms with Crippen LogP contribution in [-0.2, 0) is 4.79 Å². The summed E-state index contributed by atoms with van der Waals surface area (Å²) >= 11 is 0. The molecule has 1 aliphatic rings. The quantitative estimate of drug-likeness (QED) is 0.442. The molecule has 0 saturated carbocycles. The predicted octanol–water partition coefficient (Wildman–Crippen LogP) is 5.63. The molecular formula is C25H17NO2. The number of hydrogen-bond acceptors (Lipinski definition) is 2. The van der Waals surface area contributed by atoms with Crippen LogP contribution in [0.5, 0.6) is 5.75 Å². The van der Waals surface area contributed by atoms with Crippen molar-refractivity contribution in [1.29, 1.82) is 0 Å². The number of para-hydroxylation sites is 3. The van der Waals surface area contributed by atoms with Crippen molar-refractivity contribution in [2.45, 2.75) is 6.04 Å². The normalized spacial score (nSPS) is 16.2. The van der Waals surface area contributed by atoms with Gasteiger partial charge in [0.1, 0.15) is 17.5 Å². The van der Waals surface area contributed by atoms with E-state index in [4.69, 9.17) is 4.74 Å². The second kappa shape index (κ2) is 6.73. The summed E-state index contributed by atoms with van der Waals surface area (Å²) in [6, 6.07) is 25.8. The molecule has 0 aliphatic heterocycles. The largest absolute Gasteiger partial charge is 0.457 e. The summed E-state index contributed by atoms with van der Waals surface area (Å²) in [4.78, 5) is 11.8. The molecule has 3 heteroatoms. The Morgan fingerprint density at radius 3 is 2.04 bits per heavy atom. The zero-order chi connectivity index (χ0) is 18.9. The van der Waals surface area contributed by atoms with Crippen LogP contribution in [0.15, 0.2) is 108 Å². The van der Waals surface area contributed by atoms with Crippen LogP contribution < -0.4 is 4.74 Å². The Kier molecular flexibility index (Phi) is 3.93. The molecule has 0 N–H and O–H groups in total. The fourth-order valence-corrected chi connectivity index (χ4v) is 3.83. The van der Waals surface area contributed by atoms with Gasteiger partial charge in [-0.25, -0.2) is 4.79 Å². The Bertz CT molecular complexity index is 1230. The van der Waals surface area contributed by atoms with Gasteiger partial charge in [0.05, 0.1) is 11.6 Å². The maximum atomic E-state index is 11.8. The van der Waals surface area contributed by atoms with Gasteiger partial charge in [-0.2, -0.15) is 0 Å². The van der Waals surface area contributed by atoms with Crippen LogP contribution >= 0.6 is 0 Å². The van der Waals surface area contributed by atoms with Crippen LogP contribution in [-0.4, -0.2) is 10.5 Å². The highest BCUT2D eigenvalue weighted by molar-refractivity contribution is 6.08. The molecule has 28 heavy (non-hydrogen) atoms. The van der Waals surface area contributed by atoms with Gasteiger partial charge in [-0.05, 0) is 36.4 Å². The molecule has 0 bridgehead atoms. The van der Waals surface area contributed by atoms with Gasteiger partial charge in [0.25, 0.3) is 0 Å². The van der Waals surface area contributed by atoms with Crippen molar-refractivity contribution in [1.82, 2.24) is 4.57 Å². The lowest BCUT2D eigenvalue weighted by molar-refractivity contribution is 0.440. The summed E-state index contributed by atoms with van der Waals surface area (Å²) in [7, 11) is 0. The molecule has 1 aliphatic carbocycles. The first-order valence-corrected chi connectivity index (χ1v) is 9.20. The lowest BCUT2D eigenvalue weighted by atomic mass is 10.0. The first kappa shape index (κ1) is 16.4. The average molecular weight is 363 g/mol. The molecule has 134 valence electrons. The Morgan fingerprint density at radius 2 is 1.39 bits per heavy atom. The number of ether oxygens (including phenoxy) is 1. The van der Waals surface area contributed by atoms with Crippen LogP contribution in [0, 0.1) is 0 Å². The van der Waals surface area contributed by atoms with E-state index < -0.39 is 0 Å². The number of fused-ring (bicyclic) bond motifs is 3. The summed E-state index contributed by atoms with van der Waals surface area (Å²) in [5.41, 5.74) is 2.72. The highest BCUT2D eigenvalue weighted by Gasteiger charge is 2.22. The molecule has 0 amide bonds. The fourth-order valence-electron chi connectivity index (χ4n) is 3.83. The van der Waals surface area contributed by atoms with Gasteiger partial charge in [-0.15, -0.1) is 0 Å². The molecule has 0 saturated heterocycles. The molecule has 1 atom stereocenters. The summed E-state index contributed by atoms with van der Waals surface area (Å²) in [6.07, 6.45) is 5.69. The van der Waals surface area contributed by atoms with Gasteiger partial charge in [-0.3, -0.25) is 0 Å². The van der Waals surface area contributed by atoms with E-state index in [1.807, 2.05) is 66.7 Å². The smallest absolute Gasteiger partial charge is 0.130 e. The maximum absolute atomic E-state index is 11.8. The molecule has 3 aromatic carbocycles. The second-order valence-corrected chi connectivity index (χ2v) is 6.73. The second-order valence-electron chi connectivity index (χ2n) is 6.73. The number of benzene rings is 3. The standard InChI is InChI=1S/C25H17NO2/c27-17-18-16-20(28-19-8-2-1-3-9-19)14-15-23(18)26-24-12-6-4-10-21(24)22-11-5-7-13-25(22)26/h1-16,23H. The first-order valence-electron chi connectivity index (χ1n) is 9.20. The van der Waals surface area contributed by atoms with E-state index in [1.54, 1.807) is 6.08 Å². The molecule has 1 unspecified atom stereocenters. The van der Waals surface area contributed by atoms with E-state index in [9.17, 15) is 4.79 Å². The van der Waals surface area contributed by atoms with Crippen LogP contribution in [0.25, 0.3) is 21.8 Å². The molecule has 0 spiro atoms. The van der Waals surface area contributed by atoms with Gasteiger partial charge in [0.2, 0.25) is 0 Å². The monoisotopic (exact) mass is 363 g/mol. The molecule has 3 nitrogen and oxygen atoms in total. The lowest BCUT2D eigenvalue weighted by Gasteiger charge is -2.21. The van der Waals surface area contributed by atoms with E-state index in [2.05, 4.69) is 34.8 Å². The number of aromatic nitrogens is 1. The third kappa shape index (κ3) is 2.66. The highest BCUT2D eigenvalue weighted by Crippen LogP contribution is 2.36. The first-order chi connectivity index (χ1) is 13.8. The van der Waals surface area contributed by atoms with Crippen molar-refractivity contribution < 1.29 is 9.53 Å². The Morgan fingerprint density at radius 1 is 0.786 bits per heavy atom. The zero-order valence-corrected chi connectivity index (χ0v) is 15.1. The van der Waals surface area contributed by atoms with Crippen LogP contribution in [0.2, 0.25) is 0 Å². The van der Waals surface area contributed by atoms with Crippen molar-refractivity contribution in [3.05, 3.63) is 108 Å². The minimum absolute atomic E-state index is 0.231. The van der Waals surface area contributed by atoms with Crippen molar-refractivity contribution >= 4 is 27.7 Å². The van der Waals surface area contributed by atoms with E-state index in [1.165, 1.54) is 10.8 Å². The van der Waals surface area contributed by atoms with Crippen molar-refractivity contribution in [3.63, 3.8) is 0 Å². The van der Waals surface area contributed by atoms with Gasteiger partial charge in [-0.1, -0.05) is 60.7 Å². The molecule has 4 aromatic rings. The highest BCUT2D eigenvalue weighted by atomic mass is 16.5. The summed E-state index contributed by atoms with van der Waals surface area (Å²) in [6.45, 7) is 0. The topological polar surface area (TPSA) is 31.2 Å². The van der Waals surface area contributed by atoms with E-state index in [0.717, 1.165) is 16.8 Å². The van der Waals surface area contributed by atoms with Gasteiger partial charge < -0.3 is 9.30 Å². The number of nitrogens with zero attached hydrogens (tertiary/aromatic N) is 1. The number of rotatable bonds is 3. The van der Waals surface area contributed by atoms with Crippen molar-refractivity contribution in [2.75, 3.05) is 0 Å². The predicted molar refractivity (Wildman–Crippen MR) is 112 cm³/mol. The van der Waals surface area contributed by atoms with Gasteiger partial charge in [0.15, 0.2) is 0 Å². The van der Waals surface area contributed by atoms with E-state index >= 15 is 0 Å². The Hall–Kier alpha value is -3.81. The minimum atomic E-state index is -0.231. The zero-order valence-electron chi connectivity index (χ0n) is 15.1. The maximum Gasteiger partial charge on any atom is 0.130 e. The Labute approximate surface area is 162 Å². The van der Waals surface area contributed by atoms with E-state index in [-0.39, 0.29) is 6.04 Å². The van der Waals surface area contributed by atoms with Crippen molar-refractivity contribution in [2.24, 2.45) is 0 Å². The van der Waals surface area contributed by atoms with Crippen LogP contribution in [0.1, 0.15) is 6.04 Å². The third-order valence-electron chi connectivity index (χ3n) is 5.05. The minimum Gasteiger partial charge on any atom is -0.457 e. The van der Waals surface area contributed by atoms with Gasteiger partial charge in [0, 0.05) is 21.8 Å². The summed E-state index contributed by atoms with van der Waals surface area (Å²) < 4.78 is 8.09. The van der Waals surface area contributed by atoms with Gasteiger partial charge >= 0.3 is 0 Å². The van der Waals surface area contributed by atoms with Crippen molar-refractivity contribution in [3.8, 4) is 5.75 Å². The number of carbonyl (C=O) groups excluding carboxylic acids is 1. The summed E-state index contributed by atoms with van der Waals surface area (Å²) in [5.74, 6) is 3.49. The molecule has 1 aromatic heterocycles. The lowest BCUT2D eigenvalue weighted by Crippen LogP contribution is -2.13. The summed E-state index contributed by atoms with van der Waals surface area (Å²) in [5, 5.41) is 2.35. The SMILES string of the molecule is O=C=C1C=C(Oc2ccccc2)C=CC1n1c2ccccc2c2ccccc21. The Balaban J connectivity index is 1.61. The molecule has 5 rings (SSSR count). The average Bonchev–Trinajstić information content (AvgIpc) is 3.09. The third-order valence-corrected chi connectivity index (χ3v) is 5.05. The number of hydrogen-bond donors (Lipinski definition) is 0. The molecular weight excluding hydrogens is 346 g/mol. The molecule has 0 fully saturated rings. The molecule has 0 radical (unpaired) electrons. The molecule has 1 heterocycles. The van der Waals surface area contributed by atoms with E-state index in [0.29, 0.717) is 11.3 Å².